The van der Waals surface area contributed by atoms with Crippen molar-refractivity contribution in [2.45, 2.75) is 37.5 Å². The number of pyridine rings is 1. The predicted octanol–water partition coefficient (Wildman–Crippen LogP) is 3.49. The molecule has 0 aromatic carbocycles. The van der Waals surface area contributed by atoms with Crippen LogP contribution in [0.3, 0.4) is 0 Å². The molecular formula is C25H27F2N7. The summed E-state index contributed by atoms with van der Waals surface area (Å²) in [7, 11) is 0. The molecule has 7 nitrogen and oxygen atoms in total. The lowest BCUT2D eigenvalue weighted by Crippen LogP contribution is -2.51. The Morgan fingerprint density at radius 1 is 1.15 bits per heavy atom. The van der Waals surface area contributed by atoms with Gasteiger partial charge in [-0.05, 0) is 37.8 Å². The normalized spacial score (nSPS) is 32.2. The molecule has 3 unspecified atom stereocenters. The van der Waals surface area contributed by atoms with E-state index in [1.54, 1.807) is 13.1 Å². The van der Waals surface area contributed by atoms with E-state index in [1.165, 1.54) is 12.8 Å². The lowest BCUT2D eigenvalue weighted by Gasteiger charge is -2.39. The monoisotopic (exact) mass is 463 g/mol. The molecule has 9 heteroatoms. The smallest absolute Gasteiger partial charge is 0.260 e. The van der Waals surface area contributed by atoms with E-state index in [0.717, 1.165) is 48.7 Å². The van der Waals surface area contributed by atoms with Crippen molar-refractivity contribution in [1.82, 2.24) is 20.2 Å². The topological polar surface area (TPSA) is 81.0 Å². The van der Waals surface area contributed by atoms with Crippen LogP contribution in [0, 0.1) is 17.8 Å². The van der Waals surface area contributed by atoms with Crippen LogP contribution in [-0.4, -0.2) is 64.9 Å². The van der Waals surface area contributed by atoms with Crippen LogP contribution in [0.5, 0.6) is 0 Å². The molecule has 3 fully saturated rings. The molecule has 2 N–H and O–H groups in total. The molecule has 2 saturated carbocycles. The van der Waals surface area contributed by atoms with E-state index in [9.17, 15) is 8.78 Å². The van der Waals surface area contributed by atoms with E-state index in [-0.39, 0.29) is 12.3 Å². The molecule has 3 atom stereocenters. The van der Waals surface area contributed by atoms with Crippen LogP contribution >= 0.6 is 0 Å². The fourth-order valence-corrected chi connectivity index (χ4v) is 5.68. The highest BCUT2D eigenvalue weighted by Gasteiger charge is 2.69. The second kappa shape index (κ2) is 7.04. The predicted molar refractivity (Wildman–Crippen MR) is 128 cm³/mol. The third-order valence-corrected chi connectivity index (χ3v) is 8.13. The highest BCUT2D eigenvalue weighted by atomic mass is 19.3. The van der Waals surface area contributed by atoms with Crippen LogP contribution in [0.4, 0.5) is 8.78 Å². The van der Waals surface area contributed by atoms with E-state index in [2.05, 4.69) is 31.4 Å². The molecule has 7 rings (SSSR count). The molecule has 2 aromatic rings. The number of aliphatic imine (C=N–C) groups is 3. The molecule has 0 amide bonds. The number of alkyl halides is 2. The Balaban J connectivity index is 1.34. The molecule has 1 saturated heterocycles. The molecular weight excluding hydrogens is 436 g/mol. The molecule has 34 heavy (non-hydrogen) atoms. The SMILES string of the molecule is CC1(c2cc3c(C4=NC5=CN=CC(C6CC6)C5C(N5CCNCC5)=N4)ccnc3[nH]2)CC1(F)F. The number of H-pyrrole nitrogens is 1. The number of rotatable bonds is 3. The highest BCUT2D eigenvalue weighted by molar-refractivity contribution is 6.15. The van der Waals surface area contributed by atoms with Crippen molar-refractivity contribution >= 4 is 28.9 Å². The summed E-state index contributed by atoms with van der Waals surface area (Å²) in [5, 5.41) is 4.21. The van der Waals surface area contributed by atoms with Crippen LogP contribution in [0.1, 0.15) is 37.4 Å². The molecule has 0 bridgehead atoms. The summed E-state index contributed by atoms with van der Waals surface area (Å²) in [6.45, 7) is 5.25. The van der Waals surface area contributed by atoms with Gasteiger partial charge in [0, 0.05) is 73.8 Å². The van der Waals surface area contributed by atoms with Gasteiger partial charge in [-0.2, -0.15) is 0 Å². The molecule has 2 aromatic heterocycles. The van der Waals surface area contributed by atoms with E-state index >= 15 is 0 Å². The van der Waals surface area contributed by atoms with Gasteiger partial charge in [-0.15, -0.1) is 0 Å². The van der Waals surface area contributed by atoms with Crippen molar-refractivity contribution in [3.8, 4) is 0 Å². The van der Waals surface area contributed by atoms with Crippen molar-refractivity contribution in [1.29, 1.82) is 0 Å². The number of nitrogens with zero attached hydrogens (tertiary/aromatic N) is 5. The third-order valence-electron chi connectivity index (χ3n) is 8.13. The Labute approximate surface area is 196 Å². The van der Waals surface area contributed by atoms with Gasteiger partial charge in [0.05, 0.1) is 17.0 Å². The summed E-state index contributed by atoms with van der Waals surface area (Å²) in [6, 6.07) is 3.70. The standard InChI is InChI=1S/C25H27F2N7/c1-24(13-25(24,26)27)19-10-16-15(4-5-30-21(16)32-19)22-31-18-12-29-11-17(14-2-3-14)20(18)23(33-22)34-8-6-28-7-9-34/h4-5,10-12,14,17,20,28H,2-3,6-9,13H2,1H3,(H,30,32). The van der Waals surface area contributed by atoms with Gasteiger partial charge in [0.2, 0.25) is 0 Å². The van der Waals surface area contributed by atoms with Gasteiger partial charge in [-0.1, -0.05) is 0 Å². The lowest BCUT2D eigenvalue weighted by molar-refractivity contribution is 0.0912. The first-order chi connectivity index (χ1) is 16.4. The average molecular weight is 464 g/mol. The number of hydrogen-bond acceptors (Lipinski definition) is 6. The Morgan fingerprint density at radius 3 is 2.68 bits per heavy atom. The zero-order valence-electron chi connectivity index (χ0n) is 19.1. The van der Waals surface area contributed by atoms with Crippen molar-refractivity contribution < 1.29 is 8.78 Å². The number of fused-ring (bicyclic) bond motifs is 2. The zero-order valence-corrected chi connectivity index (χ0v) is 19.1. The van der Waals surface area contributed by atoms with Gasteiger partial charge in [0.15, 0.2) is 5.84 Å². The van der Waals surface area contributed by atoms with E-state index in [4.69, 9.17) is 9.98 Å². The number of nitrogens with one attached hydrogen (secondary N) is 2. The van der Waals surface area contributed by atoms with Crippen molar-refractivity contribution in [3.63, 3.8) is 0 Å². The number of halogens is 2. The minimum absolute atomic E-state index is 0.120. The molecule has 0 spiro atoms. The van der Waals surface area contributed by atoms with Crippen molar-refractivity contribution in [2.75, 3.05) is 26.2 Å². The largest absolute Gasteiger partial charge is 0.357 e. The number of aromatic amines is 1. The van der Waals surface area contributed by atoms with Gasteiger partial charge in [-0.25, -0.2) is 23.7 Å². The van der Waals surface area contributed by atoms with Crippen LogP contribution < -0.4 is 5.32 Å². The van der Waals surface area contributed by atoms with Crippen LogP contribution in [0.25, 0.3) is 11.0 Å². The average Bonchev–Trinajstić information content (AvgIpc) is 3.72. The van der Waals surface area contributed by atoms with E-state index in [1.807, 2.05) is 18.3 Å². The minimum atomic E-state index is -2.69. The molecule has 3 aliphatic heterocycles. The summed E-state index contributed by atoms with van der Waals surface area (Å²) < 4.78 is 28.2. The maximum absolute atomic E-state index is 14.1. The van der Waals surface area contributed by atoms with Gasteiger partial charge in [0.1, 0.15) is 11.5 Å². The number of hydrogen-bond donors (Lipinski definition) is 2. The quantitative estimate of drug-likeness (QED) is 0.731. The maximum atomic E-state index is 14.1. The number of amidine groups is 2. The second-order valence-corrected chi connectivity index (χ2v) is 10.4. The van der Waals surface area contributed by atoms with E-state index < -0.39 is 11.3 Å². The summed E-state index contributed by atoms with van der Waals surface area (Å²) in [6.07, 6.45) is 7.96. The van der Waals surface area contributed by atoms with Gasteiger partial charge < -0.3 is 15.2 Å². The van der Waals surface area contributed by atoms with Crippen LogP contribution in [-0.2, 0) is 5.41 Å². The Bertz CT molecular complexity index is 1300. The van der Waals surface area contributed by atoms with Crippen LogP contribution in [0.15, 0.2) is 45.2 Å². The number of piperazine rings is 1. The maximum Gasteiger partial charge on any atom is 0.260 e. The van der Waals surface area contributed by atoms with Crippen molar-refractivity contribution in [2.24, 2.45) is 32.7 Å². The fraction of sp³-hybridized carbons (Fsp3) is 0.520. The Morgan fingerprint density at radius 2 is 1.94 bits per heavy atom. The van der Waals surface area contributed by atoms with Gasteiger partial charge >= 0.3 is 0 Å². The Kier molecular flexibility index (Phi) is 4.23. The lowest BCUT2D eigenvalue weighted by atomic mass is 9.83. The minimum Gasteiger partial charge on any atom is -0.357 e. The second-order valence-electron chi connectivity index (χ2n) is 10.4. The van der Waals surface area contributed by atoms with Gasteiger partial charge in [-0.3, -0.25) is 4.99 Å². The molecule has 5 heterocycles. The van der Waals surface area contributed by atoms with Crippen LogP contribution in [0.2, 0.25) is 0 Å². The highest BCUT2D eigenvalue weighted by Crippen LogP contribution is 2.61. The van der Waals surface area contributed by atoms with Crippen molar-refractivity contribution in [3.05, 3.63) is 41.5 Å². The summed E-state index contributed by atoms with van der Waals surface area (Å²) in [5.74, 6) is 0.0565. The fourth-order valence-electron chi connectivity index (χ4n) is 5.68. The first-order valence-electron chi connectivity index (χ1n) is 12.2. The third kappa shape index (κ3) is 3.02. The molecule has 0 radical (unpaired) electrons. The zero-order chi connectivity index (χ0) is 23.1. The first-order valence-corrected chi connectivity index (χ1v) is 12.2. The first kappa shape index (κ1) is 20.4. The van der Waals surface area contributed by atoms with E-state index in [0.29, 0.717) is 29.0 Å². The molecule has 176 valence electrons. The molecule has 5 aliphatic rings. The summed E-state index contributed by atoms with van der Waals surface area (Å²) in [4.78, 5) is 24.6. The summed E-state index contributed by atoms with van der Waals surface area (Å²) >= 11 is 0. The Hall–Kier alpha value is -2.94. The summed E-state index contributed by atoms with van der Waals surface area (Å²) in [5.41, 5.74) is 1.69. The number of aromatic nitrogens is 2. The van der Waals surface area contributed by atoms with Gasteiger partial charge in [0.25, 0.3) is 5.92 Å². The molecule has 2 aliphatic carbocycles.